The van der Waals surface area contributed by atoms with Gasteiger partial charge in [-0.15, -0.1) is 0 Å². The monoisotopic (exact) mass is 590 g/mol. The Morgan fingerprint density at radius 1 is 1.21 bits per heavy atom. The molecule has 2 aromatic heterocycles. The number of hydrogen-bond acceptors (Lipinski definition) is 6. The molecule has 11 heteroatoms. The van der Waals surface area contributed by atoms with Crippen LogP contribution in [0, 0.1) is 5.41 Å². The zero-order chi connectivity index (χ0) is 30.1. The maximum atomic E-state index is 14.8. The van der Waals surface area contributed by atoms with Crippen molar-refractivity contribution in [3.63, 3.8) is 0 Å². The number of alkyl halides is 2. The van der Waals surface area contributed by atoms with Crippen molar-refractivity contribution < 1.29 is 23.1 Å². The number of anilines is 1. The Hall–Kier alpha value is -4.12. The van der Waals surface area contributed by atoms with E-state index in [9.17, 15) is 23.8 Å². The number of carbonyl (C=O) groups excluding carboxylic acids is 2. The maximum absolute atomic E-state index is 14.8. The summed E-state index contributed by atoms with van der Waals surface area (Å²) in [5.74, 6) is 0.184. The number of amidine groups is 1. The summed E-state index contributed by atoms with van der Waals surface area (Å²) in [5, 5.41) is 13.7. The summed E-state index contributed by atoms with van der Waals surface area (Å²) in [6.45, 7) is 4.39. The molecule has 43 heavy (non-hydrogen) atoms. The summed E-state index contributed by atoms with van der Waals surface area (Å²) in [7, 11) is 0. The van der Waals surface area contributed by atoms with Gasteiger partial charge in [-0.1, -0.05) is 0 Å². The second-order valence-electron chi connectivity index (χ2n) is 11.4. The van der Waals surface area contributed by atoms with Crippen molar-refractivity contribution in [2.24, 2.45) is 0 Å². The number of hydrogen-bond donors (Lipinski definition) is 2. The lowest BCUT2D eigenvalue weighted by molar-refractivity contribution is -0.128. The van der Waals surface area contributed by atoms with Crippen molar-refractivity contribution in [2.75, 3.05) is 37.7 Å². The van der Waals surface area contributed by atoms with E-state index < -0.39 is 6.43 Å². The molecule has 1 amide bonds. The molecule has 226 valence electrons. The summed E-state index contributed by atoms with van der Waals surface area (Å²) < 4.78 is 36.8. The van der Waals surface area contributed by atoms with Gasteiger partial charge in [-0.2, -0.15) is 0 Å². The zero-order valence-electron chi connectivity index (χ0n) is 24.2. The Balaban J connectivity index is 1.41. The predicted octanol–water partition coefficient (Wildman–Crippen LogP) is 4.84. The molecule has 0 radical (unpaired) electrons. The topological polar surface area (TPSA) is 104 Å². The van der Waals surface area contributed by atoms with Crippen molar-refractivity contribution in [3.05, 3.63) is 59.2 Å². The first-order chi connectivity index (χ1) is 20.9. The molecular formula is C32H36F2N6O3. The fourth-order valence-corrected chi connectivity index (χ4v) is 6.54. The molecule has 1 aromatic carbocycles. The molecule has 0 atom stereocenters. The lowest BCUT2D eigenvalue weighted by atomic mass is 9.91. The number of halogens is 2. The van der Waals surface area contributed by atoms with E-state index in [-0.39, 0.29) is 29.9 Å². The number of pyridine rings is 1. The van der Waals surface area contributed by atoms with Gasteiger partial charge in [0.1, 0.15) is 12.1 Å². The first-order valence-electron chi connectivity index (χ1n) is 14.9. The van der Waals surface area contributed by atoms with Crippen LogP contribution in [0.1, 0.15) is 50.2 Å². The van der Waals surface area contributed by atoms with Gasteiger partial charge in [-0.3, -0.25) is 15.2 Å². The first-order valence-corrected chi connectivity index (χ1v) is 14.9. The summed E-state index contributed by atoms with van der Waals surface area (Å²) in [6, 6.07) is 5.36. The predicted molar refractivity (Wildman–Crippen MR) is 160 cm³/mol. The van der Waals surface area contributed by atoms with Crippen molar-refractivity contribution in [3.8, 4) is 11.1 Å². The number of aryl methyl sites for hydroxylation is 1. The van der Waals surface area contributed by atoms with Crippen molar-refractivity contribution >= 4 is 34.6 Å². The standard InChI is InChI=1S/C32H36F2N6O3/c1-20(42)38-10-5-28(37-22-6-13-43-14-7-22)27(19-38)32(35)40-9-2-3-21-15-23(24(31(33)34)16-30(21)40)26-18-39(11-12-41)29-4-8-36-17-25(26)29/h4,8,12,15-18,22,31,35,37H,2-3,5-7,9-11,13-14,19H2,1H3. The Kier molecular flexibility index (Phi) is 8.25. The van der Waals surface area contributed by atoms with Crippen LogP contribution in [0.5, 0.6) is 0 Å². The molecule has 2 N–H and O–H groups in total. The average Bonchev–Trinajstić information content (AvgIpc) is 3.38. The Bertz CT molecular complexity index is 1590. The van der Waals surface area contributed by atoms with Gasteiger partial charge in [0.2, 0.25) is 5.91 Å². The average molecular weight is 591 g/mol. The second kappa shape index (κ2) is 12.2. The van der Waals surface area contributed by atoms with E-state index in [0.29, 0.717) is 67.9 Å². The fourth-order valence-electron chi connectivity index (χ4n) is 6.54. The Morgan fingerprint density at radius 3 is 2.77 bits per heavy atom. The largest absolute Gasteiger partial charge is 0.385 e. The van der Waals surface area contributed by atoms with Gasteiger partial charge >= 0.3 is 0 Å². The number of amides is 1. The van der Waals surface area contributed by atoms with Crippen LogP contribution in [0.25, 0.3) is 22.0 Å². The third kappa shape index (κ3) is 5.65. The molecule has 6 rings (SSSR count). The van der Waals surface area contributed by atoms with Gasteiger partial charge in [-0.25, -0.2) is 8.78 Å². The van der Waals surface area contributed by atoms with Crippen LogP contribution in [0.4, 0.5) is 14.5 Å². The van der Waals surface area contributed by atoms with Crippen molar-refractivity contribution in [1.82, 2.24) is 19.8 Å². The highest BCUT2D eigenvalue weighted by atomic mass is 19.3. The van der Waals surface area contributed by atoms with Crippen LogP contribution in [0.3, 0.4) is 0 Å². The second-order valence-corrected chi connectivity index (χ2v) is 11.4. The summed E-state index contributed by atoms with van der Waals surface area (Å²) in [6.07, 6.45) is 6.82. The van der Waals surface area contributed by atoms with E-state index in [4.69, 9.17) is 4.74 Å². The van der Waals surface area contributed by atoms with Crippen molar-refractivity contribution in [1.29, 1.82) is 5.41 Å². The maximum Gasteiger partial charge on any atom is 0.264 e. The molecule has 9 nitrogen and oxygen atoms in total. The van der Waals surface area contributed by atoms with Crippen molar-refractivity contribution in [2.45, 2.75) is 58.0 Å². The highest BCUT2D eigenvalue weighted by Gasteiger charge is 2.32. The number of aldehydes is 1. The third-order valence-electron chi connectivity index (χ3n) is 8.79. The van der Waals surface area contributed by atoms with Gasteiger partial charge in [0.15, 0.2) is 0 Å². The van der Waals surface area contributed by atoms with E-state index in [1.807, 2.05) is 11.0 Å². The normalized spacial score (nSPS) is 17.9. The van der Waals surface area contributed by atoms with E-state index in [0.717, 1.165) is 47.9 Å². The number of carbonyl (C=O) groups is 2. The number of aromatic nitrogens is 2. The highest BCUT2D eigenvalue weighted by molar-refractivity contribution is 6.10. The summed E-state index contributed by atoms with van der Waals surface area (Å²) in [4.78, 5) is 31.5. The zero-order valence-corrected chi connectivity index (χ0v) is 24.2. The first kappa shape index (κ1) is 29.0. The van der Waals surface area contributed by atoms with Crippen LogP contribution in [-0.4, -0.2) is 71.4 Å². The summed E-state index contributed by atoms with van der Waals surface area (Å²) in [5.41, 5.74) is 4.79. The number of ether oxygens (including phenoxy) is 1. The fraction of sp³-hybridized carbons (Fsp3) is 0.438. The molecule has 3 aromatic rings. The molecule has 0 spiro atoms. The van der Waals surface area contributed by atoms with Crippen LogP contribution in [0.15, 0.2) is 48.1 Å². The van der Waals surface area contributed by atoms with E-state index in [1.165, 1.54) is 13.0 Å². The molecule has 1 saturated heterocycles. The molecular weight excluding hydrogens is 554 g/mol. The molecule has 0 bridgehead atoms. The summed E-state index contributed by atoms with van der Waals surface area (Å²) >= 11 is 0. The van der Waals surface area contributed by atoms with Gasteiger partial charge < -0.3 is 29.2 Å². The third-order valence-corrected chi connectivity index (χ3v) is 8.79. The van der Waals surface area contributed by atoms with E-state index in [1.54, 1.807) is 34.1 Å². The number of rotatable bonds is 7. The lowest BCUT2D eigenvalue weighted by Crippen LogP contribution is -2.46. The molecule has 3 aliphatic rings. The number of fused-ring (bicyclic) bond motifs is 2. The van der Waals surface area contributed by atoms with Gasteiger partial charge in [0.25, 0.3) is 6.43 Å². The minimum Gasteiger partial charge on any atom is -0.385 e. The van der Waals surface area contributed by atoms with Crippen LogP contribution >= 0.6 is 0 Å². The van der Waals surface area contributed by atoms with E-state index in [2.05, 4.69) is 10.3 Å². The van der Waals surface area contributed by atoms with Gasteiger partial charge in [0.05, 0.1) is 18.6 Å². The SMILES string of the molecule is CC(=O)N1CCC(NC2CCOCC2)=C(C(=N)N2CCCc3cc(-c4cn(CC=O)c5ccncc45)c(C(F)F)cc32)C1. The Morgan fingerprint density at radius 2 is 2.02 bits per heavy atom. The molecule has 0 unspecified atom stereocenters. The van der Waals surface area contributed by atoms with Crippen LogP contribution in [-0.2, 0) is 27.3 Å². The Labute approximate surface area is 249 Å². The highest BCUT2D eigenvalue weighted by Crippen LogP contribution is 2.42. The van der Waals surface area contributed by atoms with Gasteiger partial charge in [-0.05, 0) is 55.0 Å². The number of benzene rings is 1. The molecule has 0 saturated carbocycles. The molecule has 1 fully saturated rings. The molecule has 5 heterocycles. The quantitative estimate of drug-likeness (QED) is 0.232. The van der Waals surface area contributed by atoms with Crippen LogP contribution in [0.2, 0.25) is 0 Å². The van der Waals surface area contributed by atoms with Crippen LogP contribution < -0.4 is 10.2 Å². The van der Waals surface area contributed by atoms with Gasteiger partial charge in [0, 0.05) is 97.8 Å². The number of nitrogens with zero attached hydrogens (tertiary/aromatic N) is 4. The smallest absolute Gasteiger partial charge is 0.264 e. The molecule has 0 aliphatic carbocycles. The number of nitrogens with one attached hydrogen (secondary N) is 2. The minimum absolute atomic E-state index is 0.0534. The lowest BCUT2D eigenvalue weighted by Gasteiger charge is -2.38. The minimum atomic E-state index is -2.76. The van der Waals surface area contributed by atoms with E-state index >= 15 is 0 Å². The molecule has 3 aliphatic heterocycles.